The third kappa shape index (κ3) is 4.83. The molecular weight excluding hydrogens is 402 g/mol. The molecular formula is C23H24ClN3O3. The van der Waals surface area contributed by atoms with Crippen molar-refractivity contribution in [1.29, 1.82) is 0 Å². The Labute approximate surface area is 179 Å². The number of halogens is 1. The molecule has 1 saturated heterocycles. The highest BCUT2D eigenvalue weighted by Gasteiger charge is 2.22. The molecule has 0 saturated carbocycles. The van der Waals surface area contributed by atoms with Crippen molar-refractivity contribution >= 4 is 11.6 Å². The highest BCUT2D eigenvalue weighted by molar-refractivity contribution is 6.30. The van der Waals surface area contributed by atoms with Gasteiger partial charge in [0.15, 0.2) is 0 Å². The van der Waals surface area contributed by atoms with Crippen LogP contribution in [0.1, 0.15) is 30.0 Å². The topological polar surface area (TPSA) is 67.3 Å². The zero-order chi connectivity index (χ0) is 21.1. The number of H-pyrrole nitrogens is 1. The molecule has 0 amide bonds. The summed E-state index contributed by atoms with van der Waals surface area (Å²) in [6.45, 7) is 4.22. The zero-order valence-corrected chi connectivity index (χ0v) is 17.6. The number of nitrogens with zero attached hydrogens (tertiary/aromatic N) is 2. The molecule has 156 valence electrons. The number of hydrogen-bond donors (Lipinski definition) is 1. The summed E-state index contributed by atoms with van der Waals surface area (Å²) in [5.74, 6) is 1.51. The number of likely N-dealkylation sites (tertiary alicyclic amines) is 1. The molecule has 1 aromatic heterocycles. The van der Waals surface area contributed by atoms with Gasteiger partial charge in [-0.05, 0) is 68.3 Å². The molecule has 2 heterocycles. The van der Waals surface area contributed by atoms with Gasteiger partial charge < -0.3 is 4.74 Å². The molecule has 1 aliphatic heterocycles. The van der Waals surface area contributed by atoms with E-state index in [4.69, 9.17) is 16.3 Å². The van der Waals surface area contributed by atoms with Crippen molar-refractivity contribution in [2.24, 2.45) is 0 Å². The van der Waals surface area contributed by atoms with E-state index in [9.17, 15) is 9.59 Å². The molecule has 0 bridgehead atoms. The summed E-state index contributed by atoms with van der Waals surface area (Å²) in [4.78, 5) is 28.7. The van der Waals surface area contributed by atoms with Gasteiger partial charge >= 0.3 is 5.69 Å². The third-order valence-electron chi connectivity index (χ3n) is 5.37. The van der Waals surface area contributed by atoms with Crippen LogP contribution >= 0.6 is 11.6 Å². The minimum Gasteiger partial charge on any atom is -0.457 e. The van der Waals surface area contributed by atoms with Crippen LogP contribution in [0.3, 0.4) is 0 Å². The first-order valence-electron chi connectivity index (χ1n) is 10.0. The van der Waals surface area contributed by atoms with Crippen LogP contribution in [-0.4, -0.2) is 27.5 Å². The lowest BCUT2D eigenvalue weighted by molar-refractivity contribution is 0.167. The Morgan fingerprint density at radius 3 is 2.73 bits per heavy atom. The number of benzene rings is 2. The van der Waals surface area contributed by atoms with Gasteiger partial charge in [-0.1, -0.05) is 23.7 Å². The van der Waals surface area contributed by atoms with E-state index in [0.29, 0.717) is 10.6 Å². The normalized spacial score (nSPS) is 17.1. The quantitative estimate of drug-likeness (QED) is 0.667. The number of aromatic nitrogens is 2. The summed E-state index contributed by atoms with van der Waals surface area (Å²) in [7, 11) is 0. The molecule has 0 aliphatic carbocycles. The molecule has 3 aromatic rings. The Bertz CT molecular complexity index is 1140. The second kappa shape index (κ2) is 8.90. The van der Waals surface area contributed by atoms with Gasteiger partial charge in [0.1, 0.15) is 11.5 Å². The molecule has 1 fully saturated rings. The fraction of sp³-hybridized carbons (Fsp3) is 0.304. The summed E-state index contributed by atoms with van der Waals surface area (Å²) in [6.07, 6.45) is 3.59. The molecule has 30 heavy (non-hydrogen) atoms. The smallest absolute Gasteiger partial charge is 0.328 e. The molecule has 1 aliphatic rings. The van der Waals surface area contributed by atoms with Crippen molar-refractivity contribution in [3.63, 3.8) is 0 Å². The van der Waals surface area contributed by atoms with E-state index in [-0.39, 0.29) is 17.3 Å². The van der Waals surface area contributed by atoms with Gasteiger partial charge in [-0.15, -0.1) is 0 Å². The van der Waals surface area contributed by atoms with E-state index in [1.54, 1.807) is 29.8 Å². The van der Waals surface area contributed by atoms with E-state index < -0.39 is 0 Å². The lowest BCUT2D eigenvalue weighted by Crippen LogP contribution is -2.41. The van der Waals surface area contributed by atoms with Crippen molar-refractivity contribution in [2.45, 2.75) is 32.4 Å². The van der Waals surface area contributed by atoms with Crippen LogP contribution in [0.4, 0.5) is 0 Å². The lowest BCUT2D eigenvalue weighted by atomic mass is 10.0. The van der Waals surface area contributed by atoms with E-state index in [1.165, 1.54) is 0 Å². The monoisotopic (exact) mass is 425 g/mol. The van der Waals surface area contributed by atoms with E-state index in [1.807, 2.05) is 30.3 Å². The zero-order valence-electron chi connectivity index (χ0n) is 16.8. The second-order valence-corrected chi connectivity index (χ2v) is 8.15. The first-order chi connectivity index (χ1) is 14.5. The first kappa shape index (κ1) is 20.4. The maximum atomic E-state index is 12.3. The van der Waals surface area contributed by atoms with Crippen LogP contribution in [0, 0.1) is 6.92 Å². The van der Waals surface area contributed by atoms with Crippen LogP contribution in [0.2, 0.25) is 5.02 Å². The van der Waals surface area contributed by atoms with Gasteiger partial charge in [0.2, 0.25) is 0 Å². The summed E-state index contributed by atoms with van der Waals surface area (Å²) >= 11 is 5.93. The molecule has 1 atom stereocenters. The average Bonchev–Trinajstić information content (AvgIpc) is 2.73. The maximum absolute atomic E-state index is 12.3. The standard InChI is InChI=1S/C23H24ClN3O3/c1-16-13-27(23(29)25-22(16)28)19-5-3-11-26(15-19)14-17-4-2-6-21(12-17)30-20-9-7-18(24)8-10-20/h2,4,6-10,12-13,19H,3,5,11,14-15H2,1H3,(H,25,28,29)/t19-/m0/s1. The molecule has 0 radical (unpaired) electrons. The van der Waals surface area contributed by atoms with Crippen molar-refractivity contribution < 1.29 is 4.74 Å². The molecule has 4 rings (SSSR count). The minimum absolute atomic E-state index is 0.0512. The number of aromatic amines is 1. The molecule has 0 unspecified atom stereocenters. The van der Waals surface area contributed by atoms with Crippen LogP contribution in [0.5, 0.6) is 11.5 Å². The summed E-state index contributed by atoms with van der Waals surface area (Å²) in [5, 5.41) is 0.674. The Balaban J connectivity index is 1.45. The van der Waals surface area contributed by atoms with Crippen molar-refractivity contribution in [3.05, 3.63) is 91.7 Å². The van der Waals surface area contributed by atoms with Crippen LogP contribution < -0.4 is 16.0 Å². The van der Waals surface area contributed by atoms with Gasteiger partial charge in [0.05, 0.1) is 6.04 Å². The third-order valence-corrected chi connectivity index (χ3v) is 5.63. The predicted molar refractivity (Wildman–Crippen MR) is 118 cm³/mol. The van der Waals surface area contributed by atoms with E-state index in [0.717, 1.165) is 49.5 Å². The maximum Gasteiger partial charge on any atom is 0.328 e. The molecule has 2 aromatic carbocycles. The molecule has 1 N–H and O–H groups in total. The average molecular weight is 426 g/mol. The first-order valence-corrected chi connectivity index (χ1v) is 10.4. The largest absolute Gasteiger partial charge is 0.457 e. The number of nitrogens with one attached hydrogen (secondary N) is 1. The predicted octanol–water partition coefficient (Wildman–Crippen LogP) is 4.13. The van der Waals surface area contributed by atoms with E-state index in [2.05, 4.69) is 16.0 Å². The number of ether oxygens (including phenoxy) is 1. The van der Waals surface area contributed by atoms with Crippen molar-refractivity contribution in [3.8, 4) is 11.5 Å². The highest BCUT2D eigenvalue weighted by Crippen LogP contribution is 2.26. The summed E-state index contributed by atoms with van der Waals surface area (Å²) in [5.41, 5.74) is 1.04. The van der Waals surface area contributed by atoms with Crippen LogP contribution in [0.25, 0.3) is 0 Å². The summed E-state index contributed by atoms with van der Waals surface area (Å²) < 4.78 is 7.61. The van der Waals surface area contributed by atoms with Crippen LogP contribution in [-0.2, 0) is 6.54 Å². The summed E-state index contributed by atoms with van der Waals surface area (Å²) in [6, 6.07) is 15.4. The Hall–Kier alpha value is -2.83. The van der Waals surface area contributed by atoms with Gasteiger partial charge in [-0.25, -0.2) is 4.79 Å². The fourth-order valence-corrected chi connectivity index (χ4v) is 3.99. The minimum atomic E-state index is -0.337. The van der Waals surface area contributed by atoms with Crippen molar-refractivity contribution in [1.82, 2.24) is 14.5 Å². The number of aryl methyl sites for hydroxylation is 1. The molecule has 7 heteroatoms. The van der Waals surface area contributed by atoms with Gasteiger partial charge in [0.25, 0.3) is 5.56 Å². The molecule has 6 nitrogen and oxygen atoms in total. The Morgan fingerprint density at radius 1 is 1.13 bits per heavy atom. The van der Waals surface area contributed by atoms with E-state index >= 15 is 0 Å². The number of hydrogen-bond acceptors (Lipinski definition) is 4. The number of piperidine rings is 1. The molecule has 0 spiro atoms. The fourth-order valence-electron chi connectivity index (χ4n) is 3.86. The SMILES string of the molecule is Cc1cn([C@H]2CCCN(Cc3cccc(Oc4ccc(Cl)cc4)c3)C2)c(=O)[nH]c1=O. The lowest BCUT2D eigenvalue weighted by Gasteiger charge is -2.33. The van der Waals surface area contributed by atoms with Gasteiger partial charge in [-0.3, -0.25) is 19.2 Å². The van der Waals surface area contributed by atoms with Gasteiger partial charge in [0, 0.05) is 29.9 Å². The van der Waals surface area contributed by atoms with Gasteiger partial charge in [-0.2, -0.15) is 0 Å². The van der Waals surface area contributed by atoms with Crippen LogP contribution in [0.15, 0.2) is 64.3 Å². The van der Waals surface area contributed by atoms with Crippen molar-refractivity contribution in [2.75, 3.05) is 13.1 Å². The Kier molecular flexibility index (Phi) is 6.06. The second-order valence-electron chi connectivity index (χ2n) is 7.71. The number of rotatable bonds is 5. The highest BCUT2D eigenvalue weighted by atomic mass is 35.5. The Morgan fingerprint density at radius 2 is 1.93 bits per heavy atom.